The van der Waals surface area contributed by atoms with Crippen LogP contribution in [-0.4, -0.2) is 50.1 Å². The number of nitrogens with zero attached hydrogens (tertiary/aromatic N) is 1. The van der Waals surface area contributed by atoms with Crippen molar-refractivity contribution < 1.29 is 4.79 Å². The second kappa shape index (κ2) is 7.25. The molecule has 4 nitrogen and oxygen atoms in total. The average Bonchev–Trinajstić information content (AvgIpc) is 2.33. The second-order valence-electron chi connectivity index (χ2n) is 6.82. The van der Waals surface area contributed by atoms with Crippen molar-refractivity contribution in [3.63, 3.8) is 0 Å². The largest absolute Gasteiger partial charge is 0.352 e. The van der Waals surface area contributed by atoms with E-state index in [1.807, 2.05) is 0 Å². The van der Waals surface area contributed by atoms with Crippen LogP contribution in [0.1, 0.15) is 40.5 Å². The van der Waals surface area contributed by atoms with Gasteiger partial charge in [-0.25, -0.2) is 0 Å². The summed E-state index contributed by atoms with van der Waals surface area (Å²) in [5.74, 6) is 0.591. The molecule has 0 aromatic rings. The first-order valence-corrected chi connectivity index (χ1v) is 7.51. The van der Waals surface area contributed by atoms with Gasteiger partial charge in [-0.05, 0) is 51.2 Å². The number of rotatable bonds is 6. The highest BCUT2D eigenvalue weighted by Crippen LogP contribution is 2.29. The fraction of sp³-hybridized carbons (Fsp3) is 0.933. The third-order valence-electron chi connectivity index (χ3n) is 4.42. The molecule has 0 bridgehead atoms. The Kier molecular flexibility index (Phi) is 6.27. The van der Waals surface area contributed by atoms with Gasteiger partial charge >= 0.3 is 0 Å². The van der Waals surface area contributed by atoms with E-state index in [0.29, 0.717) is 17.9 Å². The van der Waals surface area contributed by atoms with Crippen LogP contribution in [-0.2, 0) is 4.79 Å². The lowest BCUT2D eigenvalue weighted by molar-refractivity contribution is -0.121. The van der Waals surface area contributed by atoms with Gasteiger partial charge in [-0.15, -0.1) is 0 Å². The first kappa shape index (κ1) is 16.4. The van der Waals surface area contributed by atoms with Crippen molar-refractivity contribution >= 4 is 5.91 Å². The Balaban J connectivity index is 2.21. The monoisotopic (exact) mass is 269 g/mol. The summed E-state index contributed by atoms with van der Waals surface area (Å²) in [5, 5.41) is 6.35. The van der Waals surface area contributed by atoms with Crippen LogP contribution < -0.4 is 10.6 Å². The maximum Gasteiger partial charge on any atom is 0.234 e. The van der Waals surface area contributed by atoms with E-state index in [0.717, 1.165) is 19.6 Å². The summed E-state index contributed by atoms with van der Waals surface area (Å²) in [4.78, 5) is 14.1. The maximum atomic E-state index is 11.8. The molecule has 112 valence electrons. The SMILES string of the molecule is CC(C)C(C)NC(=O)CNCC1(C)CCN(C)CC1. The van der Waals surface area contributed by atoms with Gasteiger partial charge in [-0.1, -0.05) is 20.8 Å². The molecule has 4 heteroatoms. The molecule has 0 radical (unpaired) electrons. The normalized spacial score (nSPS) is 21.4. The highest BCUT2D eigenvalue weighted by Gasteiger charge is 2.28. The van der Waals surface area contributed by atoms with E-state index in [1.54, 1.807) is 0 Å². The summed E-state index contributed by atoms with van der Waals surface area (Å²) in [6.45, 7) is 12.3. The predicted molar refractivity (Wildman–Crippen MR) is 80.2 cm³/mol. The molecular weight excluding hydrogens is 238 g/mol. The van der Waals surface area contributed by atoms with Crippen LogP contribution in [0.15, 0.2) is 0 Å². The average molecular weight is 269 g/mol. The number of nitrogens with one attached hydrogen (secondary N) is 2. The highest BCUT2D eigenvalue weighted by molar-refractivity contribution is 5.78. The van der Waals surface area contributed by atoms with Gasteiger partial charge in [0, 0.05) is 12.6 Å². The lowest BCUT2D eigenvalue weighted by Gasteiger charge is -2.38. The summed E-state index contributed by atoms with van der Waals surface area (Å²) < 4.78 is 0. The fourth-order valence-electron chi connectivity index (χ4n) is 2.28. The Morgan fingerprint density at radius 1 is 1.26 bits per heavy atom. The van der Waals surface area contributed by atoms with Gasteiger partial charge < -0.3 is 15.5 Å². The van der Waals surface area contributed by atoms with E-state index in [9.17, 15) is 4.79 Å². The molecule has 0 spiro atoms. The number of amides is 1. The van der Waals surface area contributed by atoms with Crippen LogP contribution in [0.25, 0.3) is 0 Å². The lowest BCUT2D eigenvalue weighted by Crippen LogP contribution is -2.46. The van der Waals surface area contributed by atoms with Crippen molar-refractivity contribution in [3.05, 3.63) is 0 Å². The van der Waals surface area contributed by atoms with E-state index in [-0.39, 0.29) is 11.9 Å². The molecule has 1 atom stereocenters. The summed E-state index contributed by atoms with van der Waals surface area (Å²) in [6.07, 6.45) is 2.42. The summed E-state index contributed by atoms with van der Waals surface area (Å²) >= 11 is 0. The summed E-state index contributed by atoms with van der Waals surface area (Å²) in [5.41, 5.74) is 0.344. The van der Waals surface area contributed by atoms with Crippen molar-refractivity contribution in [2.45, 2.75) is 46.6 Å². The number of carbonyl (C=O) groups excluding carboxylic acids is 1. The molecule has 0 aromatic carbocycles. The van der Waals surface area contributed by atoms with E-state index < -0.39 is 0 Å². The molecule has 0 saturated carbocycles. The molecule has 1 fully saturated rings. The van der Waals surface area contributed by atoms with Gasteiger partial charge in [0.15, 0.2) is 0 Å². The van der Waals surface area contributed by atoms with Crippen molar-refractivity contribution in [2.24, 2.45) is 11.3 Å². The zero-order valence-corrected chi connectivity index (χ0v) is 13.3. The Labute approximate surface area is 118 Å². The van der Waals surface area contributed by atoms with Gasteiger partial charge in [0.1, 0.15) is 0 Å². The van der Waals surface area contributed by atoms with Gasteiger partial charge in [0.25, 0.3) is 0 Å². The van der Waals surface area contributed by atoms with Crippen molar-refractivity contribution in [1.29, 1.82) is 0 Å². The van der Waals surface area contributed by atoms with Crippen molar-refractivity contribution in [2.75, 3.05) is 33.2 Å². The standard InChI is InChI=1S/C15H31N3O/c1-12(2)13(3)17-14(19)10-16-11-15(4)6-8-18(5)9-7-15/h12-13,16H,6-11H2,1-5H3,(H,17,19). The third-order valence-corrected chi connectivity index (χ3v) is 4.42. The minimum atomic E-state index is 0.109. The van der Waals surface area contributed by atoms with Crippen molar-refractivity contribution in [3.8, 4) is 0 Å². The Bertz CT molecular complexity index is 283. The van der Waals surface area contributed by atoms with E-state index in [2.05, 4.69) is 50.3 Å². The zero-order chi connectivity index (χ0) is 14.5. The molecule has 1 heterocycles. The van der Waals surface area contributed by atoms with Crippen molar-refractivity contribution in [1.82, 2.24) is 15.5 Å². The zero-order valence-electron chi connectivity index (χ0n) is 13.3. The predicted octanol–water partition coefficient (Wildman–Crippen LogP) is 1.47. The minimum absolute atomic E-state index is 0.109. The number of carbonyl (C=O) groups is 1. The molecular formula is C15H31N3O. The number of piperidine rings is 1. The molecule has 0 aliphatic carbocycles. The topological polar surface area (TPSA) is 44.4 Å². The quantitative estimate of drug-likeness (QED) is 0.767. The molecule has 1 unspecified atom stereocenters. The molecule has 1 aliphatic heterocycles. The minimum Gasteiger partial charge on any atom is -0.352 e. The van der Waals surface area contributed by atoms with Crippen LogP contribution >= 0.6 is 0 Å². The Morgan fingerprint density at radius 3 is 2.37 bits per heavy atom. The van der Waals surface area contributed by atoms with Gasteiger partial charge in [0.2, 0.25) is 5.91 Å². The van der Waals surface area contributed by atoms with Crippen LogP contribution in [0, 0.1) is 11.3 Å². The van der Waals surface area contributed by atoms with E-state index in [4.69, 9.17) is 0 Å². The molecule has 19 heavy (non-hydrogen) atoms. The van der Waals surface area contributed by atoms with Crippen LogP contribution in [0.3, 0.4) is 0 Å². The number of hydrogen-bond acceptors (Lipinski definition) is 3. The number of hydrogen-bond donors (Lipinski definition) is 2. The summed E-state index contributed by atoms with van der Waals surface area (Å²) in [6, 6.07) is 0.244. The van der Waals surface area contributed by atoms with Crippen LogP contribution in [0.4, 0.5) is 0 Å². The van der Waals surface area contributed by atoms with Gasteiger partial charge in [-0.2, -0.15) is 0 Å². The fourth-order valence-corrected chi connectivity index (χ4v) is 2.28. The summed E-state index contributed by atoms with van der Waals surface area (Å²) in [7, 11) is 2.17. The molecule has 1 amide bonds. The first-order valence-electron chi connectivity index (χ1n) is 7.51. The van der Waals surface area contributed by atoms with Crippen LogP contribution in [0.2, 0.25) is 0 Å². The second-order valence-corrected chi connectivity index (χ2v) is 6.82. The highest BCUT2D eigenvalue weighted by atomic mass is 16.1. The third kappa shape index (κ3) is 5.91. The van der Waals surface area contributed by atoms with E-state index in [1.165, 1.54) is 12.8 Å². The lowest BCUT2D eigenvalue weighted by atomic mass is 9.80. The molecule has 1 saturated heterocycles. The smallest absolute Gasteiger partial charge is 0.234 e. The van der Waals surface area contributed by atoms with Crippen LogP contribution in [0.5, 0.6) is 0 Å². The Hall–Kier alpha value is -0.610. The Morgan fingerprint density at radius 2 is 1.84 bits per heavy atom. The van der Waals surface area contributed by atoms with Gasteiger partial charge in [0.05, 0.1) is 6.54 Å². The first-order chi connectivity index (χ1) is 8.82. The molecule has 1 rings (SSSR count). The molecule has 1 aliphatic rings. The van der Waals surface area contributed by atoms with E-state index >= 15 is 0 Å². The van der Waals surface area contributed by atoms with Gasteiger partial charge in [-0.3, -0.25) is 4.79 Å². The number of likely N-dealkylation sites (tertiary alicyclic amines) is 1. The maximum absolute atomic E-state index is 11.8. The molecule has 0 aromatic heterocycles. The molecule has 2 N–H and O–H groups in total.